The molecule has 0 saturated heterocycles. The van der Waals surface area contributed by atoms with Crippen LogP contribution in [0.5, 0.6) is 0 Å². The fraction of sp³-hybridized carbons (Fsp3) is 0.462. The summed E-state index contributed by atoms with van der Waals surface area (Å²) in [4.78, 5) is 36.6. The first kappa shape index (κ1) is 14.9. The van der Waals surface area contributed by atoms with Crippen molar-refractivity contribution < 1.29 is 9.59 Å². The molecule has 1 atom stereocenters. The number of aromatic nitrogens is 1. The Morgan fingerprint density at radius 1 is 1.42 bits per heavy atom. The molecule has 6 nitrogen and oxygen atoms in total. The number of hydrogen-bond donors (Lipinski definition) is 3. The number of carbonyl (C=O) groups excluding carboxylic acids is 2. The van der Waals surface area contributed by atoms with E-state index in [2.05, 4.69) is 15.6 Å². The first-order valence-electron chi connectivity index (χ1n) is 6.29. The summed E-state index contributed by atoms with van der Waals surface area (Å²) in [6.07, 6.45) is 2.50. The molecule has 3 N–H and O–H groups in total. The van der Waals surface area contributed by atoms with Gasteiger partial charge >= 0.3 is 0 Å². The number of carbonyl (C=O) groups is 2. The van der Waals surface area contributed by atoms with Gasteiger partial charge in [-0.15, -0.1) is 0 Å². The highest BCUT2D eigenvalue weighted by atomic mass is 16.2. The van der Waals surface area contributed by atoms with E-state index in [1.807, 2.05) is 13.8 Å². The molecule has 1 rings (SSSR count). The Morgan fingerprint density at radius 2 is 2.16 bits per heavy atom. The van der Waals surface area contributed by atoms with Gasteiger partial charge in [0.1, 0.15) is 0 Å². The van der Waals surface area contributed by atoms with E-state index in [-0.39, 0.29) is 41.9 Å². The molecule has 0 aliphatic carbocycles. The largest absolute Gasteiger partial charge is 0.354 e. The molecule has 0 spiro atoms. The topological polar surface area (TPSA) is 91.1 Å². The Morgan fingerprint density at radius 3 is 2.79 bits per heavy atom. The summed E-state index contributed by atoms with van der Waals surface area (Å²) in [6, 6.07) is 2.86. The number of nitrogens with one attached hydrogen (secondary N) is 3. The highest BCUT2D eigenvalue weighted by Gasteiger charge is 2.08. The van der Waals surface area contributed by atoms with E-state index in [9.17, 15) is 14.4 Å². The molecular weight excluding hydrogens is 246 g/mol. The van der Waals surface area contributed by atoms with Gasteiger partial charge in [0.2, 0.25) is 11.5 Å². The summed E-state index contributed by atoms with van der Waals surface area (Å²) in [5.74, 6) is -0.456. The number of rotatable bonds is 6. The number of H-pyrrole nitrogens is 1. The normalized spacial score (nSPS) is 11.7. The van der Waals surface area contributed by atoms with Gasteiger partial charge in [0.15, 0.2) is 0 Å². The lowest BCUT2D eigenvalue weighted by atomic mass is 10.2. The molecule has 0 radical (unpaired) electrons. The minimum Gasteiger partial charge on any atom is -0.354 e. The predicted molar refractivity (Wildman–Crippen MR) is 71.9 cm³/mol. The molecule has 1 unspecified atom stereocenters. The summed E-state index contributed by atoms with van der Waals surface area (Å²) in [7, 11) is 0. The van der Waals surface area contributed by atoms with Crippen molar-refractivity contribution >= 4 is 11.8 Å². The zero-order valence-electron chi connectivity index (χ0n) is 11.2. The first-order chi connectivity index (χ1) is 9.02. The maximum Gasteiger partial charge on any atom is 0.251 e. The van der Waals surface area contributed by atoms with Gasteiger partial charge in [-0.25, -0.2) is 0 Å². The van der Waals surface area contributed by atoms with E-state index < -0.39 is 0 Å². The molecule has 19 heavy (non-hydrogen) atoms. The van der Waals surface area contributed by atoms with Crippen molar-refractivity contribution in [3.8, 4) is 0 Å². The molecule has 0 aliphatic rings. The highest BCUT2D eigenvalue weighted by Crippen LogP contribution is 1.93. The Balaban J connectivity index is 2.35. The maximum absolute atomic E-state index is 11.7. The highest BCUT2D eigenvalue weighted by molar-refractivity contribution is 5.94. The van der Waals surface area contributed by atoms with Crippen LogP contribution in [0, 0.1) is 0 Å². The van der Waals surface area contributed by atoms with Gasteiger partial charge < -0.3 is 15.6 Å². The van der Waals surface area contributed by atoms with Gasteiger partial charge in [-0.05, 0) is 19.4 Å². The second-order valence-corrected chi connectivity index (χ2v) is 4.32. The van der Waals surface area contributed by atoms with E-state index in [1.54, 1.807) is 0 Å². The van der Waals surface area contributed by atoms with Crippen molar-refractivity contribution in [1.82, 2.24) is 15.6 Å². The van der Waals surface area contributed by atoms with Crippen molar-refractivity contribution in [2.45, 2.75) is 32.7 Å². The van der Waals surface area contributed by atoms with Crippen LogP contribution >= 0.6 is 0 Å². The molecule has 1 heterocycles. The van der Waals surface area contributed by atoms with Gasteiger partial charge in [0, 0.05) is 36.8 Å². The maximum atomic E-state index is 11.7. The molecule has 0 fully saturated rings. The van der Waals surface area contributed by atoms with Crippen molar-refractivity contribution in [3.05, 3.63) is 34.2 Å². The monoisotopic (exact) mass is 265 g/mol. The van der Waals surface area contributed by atoms with Gasteiger partial charge in [-0.1, -0.05) is 6.92 Å². The summed E-state index contributed by atoms with van der Waals surface area (Å²) >= 11 is 0. The number of hydrogen-bond acceptors (Lipinski definition) is 3. The second-order valence-electron chi connectivity index (χ2n) is 4.32. The van der Waals surface area contributed by atoms with Crippen molar-refractivity contribution in [1.29, 1.82) is 0 Å². The van der Waals surface area contributed by atoms with Crippen molar-refractivity contribution in [2.75, 3.05) is 6.54 Å². The van der Waals surface area contributed by atoms with Crippen LogP contribution in [0.15, 0.2) is 23.1 Å². The third kappa shape index (κ3) is 5.37. The second kappa shape index (κ2) is 7.35. The fourth-order valence-electron chi connectivity index (χ4n) is 1.43. The molecule has 1 aromatic rings. The predicted octanol–water partition coefficient (Wildman–Crippen LogP) is 0.409. The average Bonchev–Trinajstić information content (AvgIpc) is 2.38. The third-order valence-corrected chi connectivity index (χ3v) is 2.69. The average molecular weight is 265 g/mol. The zero-order chi connectivity index (χ0) is 14.3. The summed E-state index contributed by atoms with van der Waals surface area (Å²) < 4.78 is 0. The molecule has 0 saturated carbocycles. The van der Waals surface area contributed by atoms with Crippen LogP contribution in [-0.4, -0.2) is 29.4 Å². The molecule has 1 aromatic heterocycles. The Labute approximate surface area is 111 Å². The van der Waals surface area contributed by atoms with Crippen LogP contribution in [0.2, 0.25) is 0 Å². The molecular formula is C13H19N3O3. The molecule has 0 aliphatic heterocycles. The van der Waals surface area contributed by atoms with E-state index in [0.29, 0.717) is 0 Å². The lowest BCUT2D eigenvalue weighted by molar-refractivity contribution is -0.121. The number of aromatic amines is 1. The molecule has 0 aromatic carbocycles. The van der Waals surface area contributed by atoms with E-state index in [1.165, 1.54) is 18.3 Å². The fourth-order valence-corrected chi connectivity index (χ4v) is 1.43. The number of amides is 2. The molecule has 0 bridgehead atoms. The van der Waals surface area contributed by atoms with E-state index in [0.717, 1.165) is 6.42 Å². The van der Waals surface area contributed by atoms with Gasteiger partial charge in [0.25, 0.3) is 5.91 Å². The minimum absolute atomic E-state index is 0.0967. The van der Waals surface area contributed by atoms with Crippen molar-refractivity contribution in [3.63, 3.8) is 0 Å². The van der Waals surface area contributed by atoms with E-state index >= 15 is 0 Å². The van der Waals surface area contributed by atoms with Crippen molar-refractivity contribution in [2.24, 2.45) is 0 Å². The number of pyridine rings is 1. The van der Waals surface area contributed by atoms with Gasteiger partial charge in [-0.2, -0.15) is 0 Å². The first-order valence-corrected chi connectivity index (χ1v) is 6.29. The zero-order valence-corrected chi connectivity index (χ0v) is 11.2. The molecule has 6 heteroatoms. The lowest BCUT2D eigenvalue weighted by Crippen LogP contribution is -2.35. The minimum atomic E-state index is -0.359. The molecule has 2 amide bonds. The summed E-state index contributed by atoms with van der Waals surface area (Å²) in [5.41, 5.74) is -0.0479. The van der Waals surface area contributed by atoms with Crippen LogP contribution in [0.3, 0.4) is 0 Å². The Bertz CT molecular complexity index is 496. The van der Waals surface area contributed by atoms with Gasteiger partial charge in [-0.3, -0.25) is 14.4 Å². The van der Waals surface area contributed by atoms with Crippen LogP contribution < -0.4 is 16.2 Å². The SMILES string of the molecule is CCC(C)NC(=O)CCNC(=O)c1cc[nH]c(=O)c1. The lowest BCUT2D eigenvalue weighted by Gasteiger charge is -2.11. The summed E-state index contributed by atoms with van der Waals surface area (Å²) in [5, 5.41) is 5.40. The quantitative estimate of drug-likeness (QED) is 0.695. The Kier molecular flexibility index (Phi) is 5.78. The van der Waals surface area contributed by atoms with Crippen LogP contribution in [0.25, 0.3) is 0 Å². The summed E-state index contributed by atoms with van der Waals surface area (Å²) in [6.45, 7) is 4.15. The third-order valence-electron chi connectivity index (χ3n) is 2.69. The Hall–Kier alpha value is -2.11. The van der Waals surface area contributed by atoms with Crippen LogP contribution in [0.4, 0.5) is 0 Å². The van der Waals surface area contributed by atoms with Crippen LogP contribution in [-0.2, 0) is 4.79 Å². The van der Waals surface area contributed by atoms with Gasteiger partial charge in [0.05, 0.1) is 0 Å². The smallest absolute Gasteiger partial charge is 0.251 e. The molecule has 104 valence electrons. The van der Waals surface area contributed by atoms with Crippen LogP contribution in [0.1, 0.15) is 37.0 Å². The standard InChI is InChI=1S/C13H19N3O3/c1-3-9(2)16-11(17)5-7-15-13(19)10-4-6-14-12(18)8-10/h4,6,8-9H,3,5,7H2,1-2H3,(H,14,18)(H,15,19)(H,16,17). The van der Waals surface area contributed by atoms with E-state index in [4.69, 9.17) is 0 Å².